The summed E-state index contributed by atoms with van der Waals surface area (Å²) in [6.45, 7) is 0.968. The zero-order chi connectivity index (χ0) is 25.4. The molecule has 0 aliphatic heterocycles. The van der Waals surface area contributed by atoms with Crippen LogP contribution in [0.25, 0.3) is 22.9 Å². The Kier molecular flexibility index (Phi) is 5.73. The van der Waals surface area contributed by atoms with E-state index in [1.54, 1.807) is 16.8 Å². The van der Waals surface area contributed by atoms with Crippen LogP contribution in [-0.4, -0.2) is 40.7 Å². The highest BCUT2D eigenvalue weighted by atomic mass is 16.3. The highest BCUT2D eigenvalue weighted by Crippen LogP contribution is 2.25. The predicted molar refractivity (Wildman–Crippen MR) is 138 cm³/mol. The van der Waals surface area contributed by atoms with Crippen molar-refractivity contribution in [2.75, 3.05) is 5.32 Å². The van der Waals surface area contributed by atoms with Gasteiger partial charge in [-0.3, -0.25) is 4.98 Å². The van der Waals surface area contributed by atoms with Gasteiger partial charge in [0.1, 0.15) is 5.69 Å². The molecule has 0 unspecified atom stereocenters. The van der Waals surface area contributed by atoms with E-state index in [0.29, 0.717) is 35.5 Å². The number of benzene rings is 2. The lowest BCUT2D eigenvalue weighted by atomic mass is 9.98. The van der Waals surface area contributed by atoms with Gasteiger partial charge in [-0.25, -0.2) is 9.79 Å². The molecule has 0 spiro atoms. The number of aromatic amines is 2. The minimum atomic E-state index is -0.503. The second-order valence-electron chi connectivity index (χ2n) is 8.94. The van der Waals surface area contributed by atoms with E-state index in [-0.39, 0.29) is 17.6 Å². The second-order valence-corrected chi connectivity index (χ2v) is 8.94. The molecule has 3 aromatic heterocycles. The summed E-state index contributed by atoms with van der Waals surface area (Å²) in [5, 5.41) is 18.3. The molecule has 1 fully saturated rings. The van der Waals surface area contributed by atoms with Gasteiger partial charge in [0.05, 0.1) is 12.2 Å². The minimum Gasteiger partial charge on any atom is -0.493 e. The van der Waals surface area contributed by atoms with Gasteiger partial charge < -0.3 is 21.1 Å². The molecule has 6 rings (SSSR count). The molecule has 0 atom stereocenters. The molecule has 5 aromatic rings. The van der Waals surface area contributed by atoms with Gasteiger partial charge in [-0.15, -0.1) is 0 Å². The molecule has 1 aliphatic rings. The van der Waals surface area contributed by atoms with Crippen LogP contribution in [0, 0.1) is 0 Å². The maximum absolute atomic E-state index is 11.6. The fourth-order valence-electron chi connectivity index (χ4n) is 4.16. The zero-order valence-electron chi connectivity index (χ0n) is 19.8. The molecule has 186 valence electrons. The summed E-state index contributed by atoms with van der Waals surface area (Å²) in [4.78, 5) is 30.4. The summed E-state index contributed by atoms with van der Waals surface area (Å²) >= 11 is 0. The summed E-state index contributed by atoms with van der Waals surface area (Å²) in [6, 6.07) is 16.6. The molecule has 2 aromatic carbocycles. The van der Waals surface area contributed by atoms with Crippen LogP contribution in [0.1, 0.15) is 29.7 Å². The van der Waals surface area contributed by atoms with Crippen molar-refractivity contribution in [1.82, 2.24) is 29.5 Å². The quantitative estimate of drug-likeness (QED) is 0.226. The Morgan fingerprint density at radius 1 is 1.16 bits per heavy atom. The van der Waals surface area contributed by atoms with Gasteiger partial charge in [-0.05, 0) is 47.2 Å². The molecule has 3 heterocycles. The largest absolute Gasteiger partial charge is 0.493 e. The molecule has 11 heteroatoms. The molecular weight excluding hydrogens is 470 g/mol. The third-order valence-corrected chi connectivity index (χ3v) is 6.19. The molecule has 6 N–H and O–H groups in total. The summed E-state index contributed by atoms with van der Waals surface area (Å²) in [6.07, 6.45) is 5.24. The third-order valence-electron chi connectivity index (χ3n) is 6.19. The number of rotatable bonds is 7. The topological polar surface area (TPSA) is 162 Å². The molecule has 1 aliphatic carbocycles. The van der Waals surface area contributed by atoms with Gasteiger partial charge >= 0.3 is 5.69 Å². The van der Waals surface area contributed by atoms with Crippen molar-refractivity contribution < 1.29 is 5.11 Å². The SMILES string of the molecule is NCc1cccc(-c2ccccc2CNc2nc(=NC3CC3)n3ncc(=Cc4[nH]c(=O)[nH]c4O)c3n2)c1. The van der Waals surface area contributed by atoms with Crippen molar-refractivity contribution >= 4 is 17.7 Å². The molecular formula is C26H25N9O2. The summed E-state index contributed by atoms with van der Waals surface area (Å²) in [7, 11) is 0. The Labute approximate surface area is 210 Å². The monoisotopic (exact) mass is 495 g/mol. The average Bonchev–Trinajstić information content (AvgIpc) is 3.55. The van der Waals surface area contributed by atoms with Crippen molar-refractivity contribution in [1.29, 1.82) is 0 Å². The fourth-order valence-corrected chi connectivity index (χ4v) is 4.16. The van der Waals surface area contributed by atoms with Crippen LogP contribution >= 0.6 is 0 Å². The van der Waals surface area contributed by atoms with Crippen molar-refractivity contribution in [3.8, 4) is 17.0 Å². The normalized spacial score (nSPS) is 14.5. The van der Waals surface area contributed by atoms with Crippen LogP contribution in [0.15, 0.2) is 64.5 Å². The first-order chi connectivity index (χ1) is 18.1. The fraction of sp³-hybridized carbons (Fsp3) is 0.192. The molecule has 0 bridgehead atoms. The lowest BCUT2D eigenvalue weighted by Gasteiger charge is -2.12. The Balaban J connectivity index is 1.39. The molecule has 0 amide bonds. The molecule has 11 nitrogen and oxygen atoms in total. The van der Waals surface area contributed by atoms with Crippen LogP contribution in [0.5, 0.6) is 5.88 Å². The van der Waals surface area contributed by atoms with E-state index >= 15 is 0 Å². The molecule has 0 saturated heterocycles. The number of fused-ring (bicyclic) bond motifs is 1. The third kappa shape index (κ3) is 4.71. The number of hydrogen-bond donors (Lipinski definition) is 5. The first kappa shape index (κ1) is 22.7. The minimum absolute atomic E-state index is 0.225. The standard InChI is InChI=1S/C26H25N9O2/c27-12-15-4-3-6-16(10-15)20-7-2-1-5-17(20)13-28-24-32-22-18(11-21-23(36)33-26(37)31-21)14-29-35(22)25(34-24)30-19-8-9-19/h1-7,10-11,14,19,36H,8-9,12-13,27H2,(H,28,30,34)(H2,31,33,37). The van der Waals surface area contributed by atoms with E-state index < -0.39 is 5.69 Å². The molecule has 0 radical (unpaired) electrons. The number of H-pyrrole nitrogens is 2. The maximum Gasteiger partial charge on any atom is 0.326 e. The summed E-state index contributed by atoms with van der Waals surface area (Å²) < 4.78 is 1.57. The Morgan fingerprint density at radius 3 is 2.81 bits per heavy atom. The number of nitrogens with two attached hydrogens (primary N) is 1. The summed E-state index contributed by atoms with van der Waals surface area (Å²) in [5.41, 5.74) is 10.9. The summed E-state index contributed by atoms with van der Waals surface area (Å²) in [5.74, 6) is 0.148. The predicted octanol–water partition coefficient (Wildman–Crippen LogP) is 1.19. The Hall–Kier alpha value is -4.77. The van der Waals surface area contributed by atoms with Gasteiger partial charge in [0.2, 0.25) is 11.8 Å². The zero-order valence-corrected chi connectivity index (χ0v) is 19.8. The van der Waals surface area contributed by atoms with Crippen molar-refractivity contribution in [3.63, 3.8) is 0 Å². The highest BCUT2D eigenvalue weighted by molar-refractivity contribution is 5.68. The number of anilines is 1. The Bertz CT molecular complexity index is 1780. The van der Waals surface area contributed by atoms with Crippen LogP contribution < -0.4 is 27.6 Å². The van der Waals surface area contributed by atoms with Crippen LogP contribution in [-0.2, 0) is 13.1 Å². The number of aromatic nitrogens is 6. The van der Waals surface area contributed by atoms with Gasteiger partial charge in [0.25, 0.3) is 5.62 Å². The van der Waals surface area contributed by atoms with Crippen molar-refractivity contribution in [3.05, 3.63) is 92.9 Å². The van der Waals surface area contributed by atoms with Crippen molar-refractivity contribution in [2.45, 2.75) is 32.0 Å². The van der Waals surface area contributed by atoms with Gasteiger partial charge in [-0.2, -0.15) is 19.6 Å². The van der Waals surface area contributed by atoms with E-state index in [2.05, 4.69) is 54.6 Å². The van der Waals surface area contributed by atoms with E-state index in [1.807, 2.05) is 24.3 Å². The average molecular weight is 496 g/mol. The smallest absolute Gasteiger partial charge is 0.326 e. The molecule has 1 saturated carbocycles. The van der Waals surface area contributed by atoms with Crippen LogP contribution in [0.2, 0.25) is 0 Å². The number of nitrogens with one attached hydrogen (secondary N) is 3. The highest BCUT2D eigenvalue weighted by Gasteiger charge is 2.21. The van der Waals surface area contributed by atoms with Gasteiger partial charge in [0, 0.05) is 18.3 Å². The maximum atomic E-state index is 11.6. The number of nitrogens with zero attached hydrogens (tertiary/aromatic N) is 5. The van der Waals surface area contributed by atoms with Crippen molar-refractivity contribution in [2.24, 2.45) is 10.7 Å². The molecule has 37 heavy (non-hydrogen) atoms. The first-order valence-electron chi connectivity index (χ1n) is 12.0. The van der Waals surface area contributed by atoms with E-state index in [1.165, 1.54) is 0 Å². The van der Waals surface area contributed by atoms with E-state index in [4.69, 9.17) is 10.7 Å². The number of aromatic hydroxyl groups is 1. The lowest BCUT2D eigenvalue weighted by molar-refractivity contribution is 0.454. The van der Waals surface area contributed by atoms with E-state index in [9.17, 15) is 9.90 Å². The number of imidazole rings is 1. The first-order valence-corrected chi connectivity index (χ1v) is 12.0. The Morgan fingerprint density at radius 2 is 2.03 bits per heavy atom. The van der Waals surface area contributed by atoms with E-state index in [0.717, 1.165) is 35.1 Å². The van der Waals surface area contributed by atoms with Crippen LogP contribution in [0.4, 0.5) is 5.95 Å². The van der Waals surface area contributed by atoms with Gasteiger partial charge in [-0.1, -0.05) is 42.5 Å². The lowest BCUT2D eigenvalue weighted by Crippen LogP contribution is -2.24. The van der Waals surface area contributed by atoms with Gasteiger partial charge in [0.15, 0.2) is 5.65 Å². The number of hydrogen-bond acceptors (Lipinski definition) is 8. The second kappa shape index (κ2) is 9.36. The van der Waals surface area contributed by atoms with Crippen LogP contribution in [0.3, 0.4) is 0 Å².